The van der Waals surface area contributed by atoms with Gasteiger partial charge in [0.2, 0.25) is 5.88 Å². The van der Waals surface area contributed by atoms with Gasteiger partial charge in [-0.15, -0.1) is 24.0 Å². The highest BCUT2D eigenvalue weighted by Crippen LogP contribution is 2.14. The number of aromatic nitrogens is 1. The SMILES string of the molecule is CCNC(=NCc1ccccc1CN1CCOCC1)NCc1cccc(OC)n1.I. The van der Waals surface area contributed by atoms with E-state index >= 15 is 0 Å². The van der Waals surface area contributed by atoms with Crippen molar-refractivity contribution in [2.24, 2.45) is 4.99 Å². The third-order valence-corrected chi connectivity index (χ3v) is 4.80. The second-order valence-electron chi connectivity index (χ2n) is 6.88. The molecular weight excluding hydrogens is 493 g/mol. The Hall–Kier alpha value is -1.91. The standard InChI is InChI=1S/C22H31N5O2.HI/c1-3-23-22(25-16-20-9-6-10-21(26-20)28-2)24-15-18-7-4-5-8-19(18)17-27-11-13-29-14-12-27;/h4-10H,3,11-17H2,1-2H3,(H2,23,24,25);1H. The van der Waals surface area contributed by atoms with Gasteiger partial charge in [0.1, 0.15) is 0 Å². The van der Waals surface area contributed by atoms with Crippen LogP contribution in [0.5, 0.6) is 5.88 Å². The first kappa shape index (κ1) is 24.4. The molecule has 7 nitrogen and oxygen atoms in total. The molecule has 30 heavy (non-hydrogen) atoms. The molecule has 0 unspecified atom stereocenters. The number of benzene rings is 1. The van der Waals surface area contributed by atoms with Crippen molar-refractivity contribution in [1.82, 2.24) is 20.5 Å². The lowest BCUT2D eigenvalue weighted by Gasteiger charge is -2.27. The Labute approximate surface area is 196 Å². The number of hydrogen-bond acceptors (Lipinski definition) is 5. The average Bonchev–Trinajstić information content (AvgIpc) is 2.77. The van der Waals surface area contributed by atoms with Gasteiger partial charge >= 0.3 is 0 Å². The van der Waals surface area contributed by atoms with Gasteiger partial charge in [0.25, 0.3) is 0 Å². The minimum atomic E-state index is 0. The fourth-order valence-corrected chi connectivity index (χ4v) is 3.22. The van der Waals surface area contributed by atoms with E-state index in [1.54, 1.807) is 7.11 Å². The Bertz CT molecular complexity index is 797. The van der Waals surface area contributed by atoms with E-state index in [0.717, 1.165) is 51.0 Å². The van der Waals surface area contributed by atoms with Crippen LogP contribution in [0.25, 0.3) is 0 Å². The predicted octanol–water partition coefficient (Wildman–Crippen LogP) is 2.80. The summed E-state index contributed by atoms with van der Waals surface area (Å²) < 4.78 is 10.7. The second-order valence-corrected chi connectivity index (χ2v) is 6.88. The van der Waals surface area contributed by atoms with Gasteiger partial charge in [0, 0.05) is 32.2 Å². The number of halogens is 1. The zero-order valence-electron chi connectivity index (χ0n) is 17.8. The largest absolute Gasteiger partial charge is 0.481 e. The van der Waals surface area contributed by atoms with Crippen LogP contribution in [0.2, 0.25) is 0 Å². The molecule has 0 saturated carbocycles. The number of morpholine rings is 1. The maximum absolute atomic E-state index is 5.46. The van der Waals surface area contributed by atoms with Crippen molar-refractivity contribution in [3.8, 4) is 5.88 Å². The molecule has 164 valence electrons. The molecule has 0 bridgehead atoms. The molecule has 1 aliphatic rings. The van der Waals surface area contributed by atoms with E-state index in [2.05, 4.69) is 51.7 Å². The van der Waals surface area contributed by atoms with Crippen molar-refractivity contribution in [3.05, 3.63) is 59.3 Å². The Morgan fingerprint density at radius 2 is 1.87 bits per heavy atom. The molecule has 1 saturated heterocycles. The van der Waals surface area contributed by atoms with Gasteiger partial charge in [-0.1, -0.05) is 30.3 Å². The number of nitrogens with one attached hydrogen (secondary N) is 2. The number of hydrogen-bond donors (Lipinski definition) is 2. The van der Waals surface area contributed by atoms with Crippen LogP contribution in [-0.4, -0.2) is 55.8 Å². The number of pyridine rings is 1. The molecule has 8 heteroatoms. The van der Waals surface area contributed by atoms with Gasteiger partial charge in [0.15, 0.2) is 5.96 Å². The second kappa shape index (κ2) is 13.4. The summed E-state index contributed by atoms with van der Waals surface area (Å²) >= 11 is 0. The molecule has 3 rings (SSSR count). The third kappa shape index (κ3) is 7.73. The van der Waals surface area contributed by atoms with Crippen molar-refractivity contribution in [1.29, 1.82) is 0 Å². The predicted molar refractivity (Wildman–Crippen MR) is 130 cm³/mol. The number of rotatable bonds is 8. The van der Waals surface area contributed by atoms with E-state index in [4.69, 9.17) is 14.5 Å². The molecular formula is C22H32IN5O2. The van der Waals surface area contributed by atoms with Gasteiger partial charge in [-0.2, -0.15) is 0 Å². The highest BCUT2D eigenvalue weighted by atomic mass is 127. The monoisotopic (exact) mass is 525 g/mol. The molecule has 2 heterocycles. The third-order valence-electron chi connectivity index (χ3n) is 4.80. The van der Waals surface area contributed by atoms with Crippen LogP contribution in [-0.2, 0) is 24.4 Å². The van der Waals surface area contributed by atoms with Crippen molar-refractivity contribution < 1.29 is 9.47 Å². The first-order chi connectivity index (χ1) is 14.3. The van der Waals surface area contributed by atoms with Crippen LogP contribution in [0.3, 0.4) is 0 Å². The molecule has 1 aromatic carbocycles. The molecule has 0 aliphatic carbocycles. The lowest BCUT2D eigenvalue weighted by atomic mass is 10.1. The first-order valence-corrected chi connectivity index (χ1v) is 10.2. The van der Waals surface area contributed by atoms with Crippen molar-refractivity contribution in [2.75, 3.05) is 40.0 Å². The molecule has 0 atom stereocenters. The van der Waals surface area contributed by atoms with Gasteiger partial charge in [0.05, 0.1) is 39.1 Å². The molecule has 2 N–H and O–H groups in total. The maximum atomic E-state index is 5.46. The smallest absolute Gasteiger partial charge is 0.213 e. The number of guanidine groups is 1. The molecule has 0 radical (unpaired) electrons. The molecule has 1 aromatic heterocycles. The highest BCUT2D eigenvalue weighted by molar-refractivity contribution is 14.0. The van der Waals surface area contributed by atoms with Crippen molar-refractivity contribution >= 4 is 29.9 Å². The lowest BCUT2D eigenvalue weighted by Crippen LogP contribution is -2.37. The van der Waals surface area contributed by atoms with Crippen LogP contribution < -0.4 is 15.4 Å². The lowest BCUT2D eigenvalue weighted by molar-refractivity contribution is 0.0341. The highest BCUT2D eigenvalue weighted by Gasteiger charge is 2.12. The molecule has 2 aromatic rings. The van der Waals surface area contributed by atoms with E-state index in [-0.39, 0.29) is 24.0 Å². The summed E-state index contributed by atoms with van der Waals surface area (Å²) in [5.41, 5.74) is 3.47. The normalized spacial score (nSPS) is 14.7. The van der Waals surface area contributed by atoms with Crippen molar-refractivity contribution in [2.45, 2.75) is 26.6 Å². The van der Waals surface area contributed by atoms with E-state index < -0.39 is 0 Å². The zero-order chi connectivity index (χ0) is 20.3. The summed E-state index contributed by atoms with van der Waals surface area (Å²) in [7, 11) is 1.62. The van der Waals surface area contributed by atoms with Crippen molar-refractivity contribution in [3.63, 3.8) is 0 Å². The summed E-state index contributed by atoms with van der Waals surface area (Å²) in [6.45, 7) is 8.59. The topological polar surface area (TPSA) is 71.0 Å². The summed E-state index contributed by atoms with van der Waals surface area (Å²) in [4.78, 5) is 11.7. The summed E-state index contributed by atoms with van der Waals surface area (Å²) in [6, 6.07) is 14.3. The first-order valence-electron chi connectivity index (χ1n) is 10.2. The van der Waals surface area contributed by atoms with Crippen LogP contribution >= 0.6 is 24.0 Å². The quantitative estimate of drug-likeness (QED) is 0.314. The summed E-state index contributed by atoms with van der Waals surface area (Å²) in [6.07, 6.45) is 0. The fourth-order valence-electron chi connectivity index (χ4n) is 3.22. The number of nitrogens with zero attached hydrogens (tertiary/aromatic N) is 3. The maximum Gasteiger partial charge on any atom is 0.213 e. The minimum absolute atomic E-state index is 0. The average molecular weight is 525 g/mol. The molecule has 0 spiro atoms. The van der Waals surface area contributed by atoms with Crippen LogP contribution in [0.15, 0.2) is 47.5 Å². The van der Waals surface area contributed by atoms with Crippen LogP contribution in [0.1, 0.15) is 23.7 Å². The Morgan fingerprint density at radius 1 is 1.10 bits per heavy atom. The summed E-state index contributed by atoms with van der Waals surface area (Å²) in [5.74, 6) is 1.39. The van der Waals surface area contributed by atoms with E-state index in [9.17, 15) is 0 Å². The molecule has 0 amide bonds. The summed E-state index contributed by atoms with van der Waals surface area (Å²) in [5, 5.41) is 6.66. The number of methoxy groups -OCH3 is 1. The number of ether oxygens (including phenoxy) is 2. The van der Waals surface area contributed by atoms with Gasteiger partial charge in [-0.05, 0) is 24.1 Å². The fraction of sp³-hybridized carbons (Fsp3) is 0.455. The van der Waals surface area contributed by atoms with Crippen LogP contribution in [0, 0.1) is 0 Å². The van der Waals surface area contributed by atoms with Gasteiger partial charge < -0.3 is 20.1 Å². The molecule has 1 fully saturated rings. The minimum Gasteiger partial charge on any atom is -0.481 e. The Kier molecular flexibility index (Phi) is 10.9. The van der Waals surface area contributed by atoms with E-state index in [0.29, 0.717) is 19.0 Å². The molecule has 1 aliphatic heterocycles. The van der Waals surface area contributed by atoms with Gasteiger partial charge in [-0.3, -0.25) is 4.90 Å². The van der Waals surface area contributed by atoms with Crippen LogP contribution in [0.4, 0.5) is 0 Å². The Morgan fingerprint density at radius 3 is 2.60 bits per heavy atom. The number of aliphatic imine (C=N–C) groups is 1. The van der Waals surface area contributed by atoms with E-state index in [1.165, 1.54) is 11.1 Å². The Balaban J connectivity index is 0.00000320. The zero-order valence-corrected chi connectivity index (χ0v) is 20.1. The van der Waals surface area contributed by atoms with Gasteiger partial charge in [-0.25, -0.2) is 9.98 Å². The van der Waals surface area contributed by atoms with E-state index in [1.807, 2.05) is 18.2 Å².